The average molecular weight is 282 g/mol. The maximum Gasteiger partial charge on any atom is 0.232 e. The van der Waals surface area contributed by atoms with Crippen LogP contribution in [-0.4, -0.2) is 33.1 Å². The molecule has 0 aliphatic carbocycles. The van der Waals surface area contributed by atoms with Crippen molar-refractivity contribution < 1.29 is 8.94 Å². The molecule has 3 aromatic heterocycles. The van der Waals surface area contributed by atoms with Gasteiger partial charge in [-0.3, -0.25) is 9.88 Å². The van der Waals surface area contributed by atoms with Crippen molar-refractivity contribution in [2.75, 3.05) is 13.1 Å². The molecule has 0 spiro atoms. The summed E-state index contributed by atoms with van der Waals surface area (Å²) in [6.07, 6.45) is 5.16. The van der Waals surface area contributed by atoms with Gasteiger partial charge in [0.05, 0.1) is 18.7 Å². The molecular weight excluding hydrogens is 268 g/mol. The largest absolute Gasteiger partial charge is 0.468 e. The molecule has 0 unspecified atom stereocenters. The number of hydrogen-bond donors (Lipinski definition) is 0. The van der Waals surface area contributed by atoms with Gasteiger partial charge in [0.1, 0.15) is 5.76 Å². The lowest BCUT2D eigenvalue weighted by Gasteiger charge is -2.36. The summed E-state index contributed by atoms with van der Waals surface area (Å²) in [7, 11) is 0. The monoisotopic (exact) mass is 282 g/mol. The van der Waals surface area contributed by atoms with Gasteiger partial charge in [0.2, 0.25) is 11.7 Å². The molecule has 6 heteroatoms. The highest BCUT2D eigenvalue weighted by Crippen LogP contribution is 2.28. The van der Waals surface area contributed by atoms with E-state index in [1.54, 1.807) is 18.7 Å². The van der Waals surface area contributed by atoms with Gasteiger partial charge in [0.15, 0.2) is 0 Å². The second-order valence-electron chi connectivity index (χ2n) is 5.17. The molecule has 0 N–H and O–H groups in total. The Kier molecular flexibility index (Phi) is 3.01. The Labute approximate surface area is 121 Å². The van der Waals surface area contributed by atoms with Gasteiger partial charge >= 0.3 is 0 Å². The van der Waals surface area contributed by atoms with Gasteiger partial charge in [0, 0.05) is 31.0 Å². The number of rotatable bonds is 4. The third kappa shape index (κ3) is 2.45. The SMILES string of the molecule is c1cncc(-c2noc(C3CN(Cc4ccco4)C3)n2)c1. The number of hydrogen-bond acceptors (Lipinski definition) is 6. The molecule has 0 aromatic carbocycles. The van der Waals surface area contributed by atoms with Crippen molar-refractivity contribution in [2.24, 2.45) is 0 Å². The normalized spacial score (nSPS) is 16.0. The molecule has 0 saturated carbocycles. The maximum atomic E-state index is 5.37. The van der Waals surface area contributed by atoms with Gasteiger partial charge in [-0.2, -0.15) is 4.98 Å². The zero-order valence-corrected chi connectivity index (χ0v) is 11.3. The van der Waals surface area contributed by atoms with Crippen molar-refractivity contribution in [1.29, 1.82) is 0 Å². The minimum absolute atomic E-state index is 0.304. The number of pyridine rings is 1. The molecule has 21 heavy (non-hydrogen) atoms. The van der Waals surface area contributed by atoms with Crippen LogP contribution in [-0.2, 0) is 6.54 Å². The molecule has 0 radical (unpaired) electrons. The topological polar surface area (TPSA) is 68.2 Å². The smallest absolute Gasteiger partial charge is 0.232 e. The zero-order chi connectivity index (χ0) is 14.1. The van der Waals surface area contributed by atoms with Crippen LogP contribution in [0.15, 0.2) is 51.9 Å². The quantitative estimate of drug-likeness (QED) is 0.731. The van der Waals surface area contributed by atoms with Gasteiger partial charge in [-0.15, -0.1) is 0 Å². The minimum Gasteiger partial charge on any atom is -0.468 e. The highest BCUT2D eigenvalue weighted by Gasteiger charge is 2.33. The molecule has 0 bridgehead atoms. The van der Waals surface area contributed by atoms with E-state index in [0.717, 1.165) is 31.0 Å². The third-order valence-electron chi connectivity index (χ3n) is 3.63. The van der Waals surface area contributed by atoms with Crippen LogP contribution in [0.25, 0.3) is 11.4 Å². The van der Waals surface area contributed by atoms with Gasteiger partial charge in [-0.1, -0.05) is 5.16 Å². The van der Waals surface area contributed by atoms with Gasteiger partial charge in [-0.25, -0.2) is 0 Å². The Balaban J connectivity index is 1.40. The average Bonchev–Trinajstić information content (AvgIpc) is 3.15. The Bertz CT molecular complexity index is 702. The highest BCUT2D eigenvalue weighted by atomic mass is 16.5. The predicted octanol–water partition coefficient (Wildman–Crippen LogP) is 2.32. The second-order valence-corrected chi connectivity index (χ2v) is 5.17. The van der Waals surface area contributed by atoms with E-state index in [0.29, 0.717) is 17.6 Å². The predicted molar refractivity (Wildman–Crippen MR) is 74.3 cm³/mol. The first-order valence-electron chi connectivity index (χ1n) is 6.87. The molecule has 1 aliphatic heterocycles. The van der Waals surface area contributed by atoms with Crippen LogP contribution in [0, 0.1) is 0 Å². The molecule has 1 fully saturated rings. The molecule has 1 saturated heterocycles. The lowest BCUT2D eigenvalue weighted by atomic mass is 10.00. The van der Waals surface area contributed by atoms with E-state index in [-0.39, 0.29) is 0 Å². The molecule has 0 atom stereocenters. The standard InChI is InChI=1S/C15H14N4O2/c1-3-11(7-16-5-1)14-17-15(21-18-14)12-8-19(9-12)10-13-4-2-6-20-13/h1-7,12H,8-10H2. The summed E-state index contributed by atoms with van der Waals surface area (Å²) < 4.78 is 10.7. The lowest BCUT2D eigenvalue weighted by molar-refractivity contribution is 0.109. The summed E-state index contributed by atoms with van der Waals surface area (Å²) in [5.74, 6) is 2.58. The van der Waals surface area contributed by atoms with Crippen molar-refractivity contribution in [3.05, 3.63) is 54.6 Å². The Morgan fingerprint density at radius 3 is 2.95 bits per heavy atom. The summed E-state index contributed by atoms with van der Waals surface area (Å²) in [5.41, 5.74) is 0.874. The van der Waals surface area contributed by atoms with Crippen molar-refractivity contribution in [3.8, 4) is 11.4 Å². The minimum atomic E-state index is 0.304. The number of nitrogens with zero attached hydrogens (tertiary/aromatic N) is 4. The first-order chi connectivity index (χ1) is 10.4. The third-order valence-corrected chi connectivity index (χ3v) is 3.63. The van der Waals surface area contributed by atoms with Crippen molar-refractivity contribution in [1.82, 2.24) is 20.0 Å². The van der Waals surface area contributed by atoms with Crippen LogP contribution in [0.3, 0.4) is 0 Å². The molecule has 3 aromatic rings. The van der Waals surface area contributed by atoms with Gasteiger partial charge in [-0.05, 0) is 24.3 Å². The van der Waals surface area contributed by atoms with Crippen LogP contribution in [0.1, 0.15) is 17.6 Å². The number of likely N-dealkylation sites (tertiary alicyclic amines) is 1. The van der Waals surface area contributed by atoms with Crippen molar-refractivity contribution in [3.63, 3.8) is 0 Å². The fraction of sp³-hybridized carbons (Fsp3) is 0.267. The molecule has 6 nitrogen and oxygen atoms in total. The summed E-state index contributed by atoms with van der Waals surface area (Å²) in [5, 5.41) is 4.03. The fourth-order valence-corrected chi connectivity index (χ4v) is 2.49. The molecule has 4 heterocycles. The van der Waals surface area contributed by atoms with E-state index in [4.69, 9.17) is 8.94 Å². The zero-order valence-electron chi connectivity index (χ0n) is 11.3. The van der Waals surface area contributed by atoms with E-state index >= 15 is 0 Å². The highest BCUT2D eigenvalue weighted by molar-refractivity contribution is 5.51. The van der Waals surface area contributed by atoms with Crippen molar-refractivity contribution >= 4 is 0 Å². The summed E-state index contributed by atoms with van der Waals surface area (Å²) in [4.78, 5) is 10.8. The second kappa shape index (κ2) is 5.14. The van der Waals surface area contributed by atoms with Crippen molar-refractivity contribution in [2.45, 2.75) is 12.5 Å². The van der Waals surface area contributed by atoms with Crippen LogP contribution in [0.4, 0.5) is 0 Å². The van der Waals surface area contributed by atoms with E-state index in [1.807, 2.05) is 24.3 Å². The molecule has 106 valence electrons. The summed E-state index contributed by atoms with van der Waals surface area (Å²) in [6, 6.07) is 7.68. The van der Waals surface area contributed by atoms with E-state index in [2.05, 4.69) is 20.0 Å². The summed E-state index contributed by atoms with van der Waals surface area (Å²) in [6.45, 7) is 2.65. The summed E-state index contributed by atoms with van der Waals surface area (Å²) >= 11 is 0. The van der Waals surface area contributed by atoms with Crippen LogP contribution in [0.5, 0.6) is 0 Å². The Morgan fingerprint density at radius 2 is 2.19 bits per heavy atom. The van der Waals surface area contributed by atoms with Crippen LogP contribution < -0.4 is 0 Å². The maximum absolute atomic E-state index is 5.37. The van der Waals surface area contributed by atoms with Gasteiger partial charge in [0.25, 0.3) is 0 Å². The Morgan fingerprint density at radius 1 is 1.24 bits per heavy atom. The fourth-order valence-electron chi connectivity index (χ4n) is 2.49. The van der Waals surface area contributed by atoms with Crippen LogP contribution in [0.2, 0.25) is 0 Å². The number of furan rings is 1. The van der Waals surface area contributed by atoms with E-state index in [1.165, 1.54) is 0 Å². The van der Waals surface area contributed by atoms with Gasteiger partial charge < -0.3 is 8.94 Å². The first-order valence-corrected chi connectivity index (χ1v) is 6.87. The molecular formula is C15H14N4O2. The van der Waals surface area contributed by atoms with E-state index in [9.17, 15) is 0 Å². The number of aromatic nitrogens is 3. The van der Waals surface area contributed by atoms with E-state index < -0.39 is 0 Å². The molecule has 4 rings (SSSR count). The lowest BCUT2D eigenvalue weighted by Crippen LogP contribution is -2.44. The first kappa shape index (κ1) is 12.3. The molecule has 1 aliphatic rings. The van der Waals surface area contributed by atoms with Crippen LogP contribution >= 0.6 is 0 Å². The molecule has 0 amide bonds. The Hall–Kier alpha value is -2.47.